The van der Waals surface area contributed by atoms with E-state index in [1.165, 1.54) is 0 Å². The molecular weight excluding hydrogens is 164 g/mol. The van der Waals surface area contributed by atoms with E-state index in [4.69, 9.17) is 0 Å². The molecule has 0 atom stereocenters. The summed E-state index contributed by atoms with van der Waals surface area (Å²) in [5.74, 6) is 0.868. The van der Waals surface area contributed by atoms with Gasteiger partial charge in [0.15, 0.2) is 5.82 Å². The van der Waals surface area contributed by atoms with Crippen LogP contribution in [0.15, 0.2) is 12.4 Å². The molecule has 0 saturated carbocycles. The molecule has 0 aliphatic carbocycles. The van der Waals surface area contributed by atoms with Gasteiger partial charge < -0.3 is 4.57 Å². The van der Waals surface area contributed by atoms with Gasteiger partial charge in [0.25, 0.3) is 0 Å². The summed E-state index contributed by atoms with van der Waals surface area (Å²) in [4.78, 5) is 15.9. The third-order valence-electron chi connectivity index (χ3n) is 2.40. The summed E-state index contributed by atoms with van der Waals surface area (Å²) in [6, 6.07) is 0. The first-order valence-electron chi connectivity index (χ1n) is 4.72. The molecule has 3 heteroatoms. The first-order chi connectivity index (χ1) is 6.20. The predicted molar refractivity (Wildman–Crippen MR) is 51.6 cm³/mol. The fourth-order valence-electron chi connectivity index (χ4n) is 1.45. The molecule has 0 fully saturated rings. The van der Waals surface area contributed by atoms with Gasteiger partial charge in [0.05, 0.1) is 0 Å². The highest BCUT2D eigenvalue weighted by atomic mass is 16.1. The summed E-state index contributed by atoms with van der Waals surface area (Å²) in [5.41, 5.74) is 0. The zero-order chi connectivity index (χ0) is 9.84. The standard InChI is InChI=1S/C10H16N2O/c1-4-8(5-2)9(13)10-11-6-7-12(10)3/h6-8H,4-5H2,1-3H3. The van der Waals surface area contributed by atoms with E-state index in [1.54, 1.807) is 17.0 Å². The maximum absolute atomic E-state index is 11.8. The number of ketones is 1. The third kappa shape index (κ3) is 1.97. The average Bonchev–Trinajstić information content (AvgIpc) is 2.53. The van der Waals surface area contributed by atoms with Crippen molar-refractivity contribution in [2.24, 2.45) is 13.0 Å². The smallest absolute Gasteiger partial charge is 0.201 e. The van der Waals surface area contributed by atoms with Crippen LogP contribution in [-0.2, 0) is 7.05 Å². The Balaban J connectivity index is 2.84. The number of rotatable bonds is 4. The Morgan fingerprint density at radius 3 is 2.54 bits per heavy atom. The van der Waals surface area contributed by atoms with Gasteiger partial charge in [0, 0.05) is 25.4 Å². The zero-order valence-corrected chi connectivity index (χ0v) is 8.45. The van der Waals surface area contributed by atoms with Crippen LogP contribution in [-0.4, -0.2) is 15.3 Å². The van der Waals surface area contributed by atoms with E-state index in [1.807, 2.05) is 20.9 Å². The molecule has 3 nitrogen and oxygen atoms in total. The van der Waals surface area contributed by atoms with Crippen molar-refractivity contribution in [3.8, 4) is 0 Å². The number of carbonyl (C=O) groups is 1. The quantitative estimate of drug-likeness (QED) is 0.664. The molecule has 72 valence electrons. The monoisotopic (exact) mass is 180 g/mol. The molecule has 1 aromatic heterocycles. The van der Waals surface area contributed by atoms with Gasteiger partial charge in [0.1, 0.15) is 0 Å². The van der Waals surface area contributed by atoms with Crippen molar-refractivity contribution in [3.63, 3.8) is 0 Å². The lowest BCUT2D eigenvalue weighted by Crippen LogP contribution is -2.17. The Hall–Kier alpha value is -1.12. The van der Waals surface area contributed by atoms with Crippen molar-refractivity contribution in [1.29, 1.82) is 0 Å². The highest BCUT2D eigenvalue weighted by Gasteiger charge is 2.19. The molecular formula is C10H16N2O. The Morgan fingerprint density at radius 2 is 2.15 bits per heavy atom. The molecule has 0 N–H and O–H groups in total. The summed E-state index contributed by atoms with van der Waals surface area (Å²) < 4.78 is 1.78. The van der Waals surface area contributed by atoms with Crippen LogP contribution in [0.1, 0.15) is 37.3 Å². The lowest BCUT2D eigenvalue weighted by molar-refractivity contribution is 0.0899. The van der Waals surface area contributed by atoms with Gasteiger partial charge in [-0.05, 0) is 12.8 Å². The van der Waals surface area contributed by atoms with E-state index in [-0.39, 0.29) is 11.7 Å². The fourth-order valence-corrected chi connectivity index (χ4v) is 1.45. The average molecular weight is 180 g/mol. The summed E-state index contributed by atoms with van der Waals surface area (Å²) in [7, 11) is 1.85. The highest BCUT2D eigenvalue weighted by molar-refractivity contribution is 5.94. The number of nitrogens with zero attached hydrogens (tertiary/aromatic N) is 2. The molecule has 0 spiro atoms. The van der Waals surface area contributed by atoms with Crippen molar-refractivity contribution in [3.05, 3.63) is 18.2 Å². The van der Waals surface area contributed by atoms with Crippen LogP contribution < -0.4 is 0 Å². The van der Waals surface area contributed by atoms with Crippen LogP contribution in [0.3, 0.4) is 0 Å². The molecule has 0 aromatic carbocycles. The Labute approximate surface area is 78.8 Å². The SMILES string of the molecule is CCC(CC)C(=O)c1nccn1C. The van der Waals surface area contributed by atoms with E-state index >= 15 is 0 Å². The molecule has 0 radical (unpaired) electrons. The van der Waals surface area contributed by atoms with Crippen molar-refractivity contribution in [1.82, 2.24) is 9.55 Å². The van der Waals surface area contributed by atoms with Gasteiger partial charge in [-0.15, -0.1) is 0 Å². The zero-order valence-electron chi connectivity index (χ0n) is 8.45. The number of aromatic nitrogens is 2. The van der Waals surface area contributed by atoms with E-state index in [0.29, 0.717) is 5.82 Å². The number of hydrogen-bond acceptors (Lipinski definition) is 2. The van der Waals surface area contributed by atoms with Crippen LogP contribution in [0.4, 0.5) is 0 Å². The molecule has 0 aliphatic rings. The number of carbonyl (C=O) groups excluding carboxylic acids is 1. The second kappa shape index (κ2) is 4.21. The van der Waals surface area contributed by atoms with Gasteiger partial charge in [0.2, 0.25) is 5.78 Å². The van der Waals surface area contributed by atoms with Gasteiger partial charge in [-0.3, -0.25) is 4.79 Å². The molecule has 0 unspecified atom stereocenters. The molecule has 0 aliphatic heterocycles. The van der Waals surface area contributed by atoms with E-state index in [0.717, 1.165) is 12.8 Å². The molecule has 0 saturated heterocycles. The van der Waals surface area contributed by atoms with Crippen LogP contribution in [0.2, 0.25) is 0 Å². The number of imidazole rings is 1. The van der Waals surface area contributed by atoms with Crippen LogP contribution >= 0.6 is 0 Å². The lowest BCUT2D eigenvalue weighted by atomic mass is 9.98. The first-order valence-corrected chi connectivity index (χ1v) is 4.72. The highest BCUT2D eigenvalue weighted by Crippen LogP contribution is 2.13. The minimum atomic E-state index is 0.126. The largest absolute Gasteiger partial charge is 0.332 e. The van der Waals surface area contributed by atoms with Gasteiger partial charge in [-0.25, -0.2) is 4.98 Å². The second-order valence-corrected chi connectivity index (χ2v) is 3.24. The second-order valence-electron chi connectivity index (χ2n) is 3.24. The van der Waals surface area contributed by atoms with E-state index in [2.05, 4.69) is 4.98 Å². The Bertz CT molecular complexity index is 287. The van der Waals surface area contributed by atoms with E-state index in [9.17, 15) is 4.79 Å². The fraction of sp³-hybridized carbons (Fsp3) is 0.600. The normalized spacial score (nSPS) is 10.8. The summed E-state index contributed by atoms with van der Waals surface area (Å²) in [6.07, 6.45) is 5.25. The number of aryl methyl sites for hydroxylation is 1. The molecule has 1 rings (SSSR count). The first kappa shape index (κ1) is 9.96. The van der Waals surface area contributed by atoms with Crippen molar-refractivity contribution in [2.75, 3.05) is 0 Å². The topological polar surface area (TPSA) is 34.9 Å². The molecule has 1 aromatic rings. The summed E-state index contributed by atoms with van der Waals surface area (Å²) in [5, 5.41) is 0. The van der Waals surface area contributed by atoms with Gasteiger partial charge in [-0.1, -0.05) is 13.8 Å². The number of Topliss-reactive ketones (excluding diaryl/α,β-unsaturated/α-hetero) is 1. The van der Waals surface area contributed by atoms with Crippen molar-refractivity contribution < 1.29 is 4.79 Å². The molecule has 1 heterocycles. The Morgan fingerprint density at radius 1 is 1.54 bits per heavy atom. The maximum Gasteiger partial charge on any atom is 0.201 e. The van der Waals surface area contributed by atoms with Crippen LogP contribution in [0.25, 0.3) is 0 Å². The van der Waals surface area contributed by atoms with E-state index < -0.39 is 0 Å². The maximum atomic E-state index is 11.8. The molecule has 0 bridgehead atoms. The minimum Gasteiger partial charge on any atom is -0.332 e. The van der Waals surface area contributed by atoms with Crippen molar-refractivity contribution >= 4 is 5.78 Å². The van der Waals surface area contributed by atoms with Crippen LogP contribution in [0.5, 0.6) is 0 Å². The minimum absolute atomic E-state index is 0.126. The molecule has 13 heavy (non-hydrogen) atoms. The Kier molecular flexibility index (Phi) is 3.23. The van der Waals surface area contributed by atoms with Gasteiger partial charge >= 0.3 is 0 Å². The summed E-state index contributed by atoms with van der Waals surface area (Å²) >= 11 is 0. The summed E-state index contributed by atoms with van der Waals surface area (Å²) in [6.45, 7) is 4.07. The lowest BCUT2D eigenvalue weighted by Gasteiger charge is -2.09. The van der Waals surface area contributed by atoms with Gasteiger partial charge in [-0.2, -0.15) is 0 Å². The van der Waals surface area contributed by atoms with Crippen LogP contribution in [0, 0.1) is 5.92 Å². The number of hydrogen-bond donors (Lipinski definition) is 0. The third-order valence-corrected chi connectivity index (χ3v) is 2.40. The van der Waals surface area contributed by atoms with Crippen molar-refractivity contribution in [2.45, 2.75) is 26.7 Å². The molecule has 0 amide bonds. The predicted octanol–water partition coefficient (Wildman–Crippen LogP) is 2.04.